The number of ether oxygens (including phenoxy) is 1. The average molecular weight is 316 g/mol. The monoisotopic (exact) mass is 316 g/mol. The molecule has 7 nitrogen and oxygen atoms in total. The van der Waals surface area contributed by atoms with Gasteiger partial charge >= 0.3 is 0 Å². The number of aliphatic imine (C=N–C) groups is 1. The van der Waals surface area contributed by atoms with Gasteiger partial charge in [0.15, 0.2) is 12.4 Å². The minimum absolute atomic E-state index is 0.140. The Kier molecular flexibility index (Phi) is 5.00. The molecule has 2 N–H and O–H groups in total. The van der Waals surface area contributed by atoms with Crippen molar-refractivity contribution in [3.8, 4) is 5.75 Å². The zero-order valence-corrected chi connectivity index (χ0v) is 13.6. The van der Waals surface area contributed by atoms with Gasteiger partial charge in [0.05, 0.1) is 11.4 Å². The van der Waals surface area contributed by atoms with Crippen molar-refractivity contribution in [1.29, 1.82) is 0 Å². The Bertz CT molecular complexity index is 824. The fraction of sp³-hybridized carbons (Fsp3) is 0.312. The smallest absolute Gasteiger partial charge is 0.293 e. The molecule has 0 spiro atoms. The van der Waals surface area contributed by atoms with Gasteiger partial charge in [-0.2, -0.15) is 0 Å². The van der Waals surface area contributed by atoms with E-state index in [0.29, 0.717) is 0 Å². The standard InChI is InChI=1S/C16H20N4O3/c1-10(17-2)19-12-5-6-13-11(7-12)8-14(16(22)20(13)4)23-9-15(21)18-3/h5-8H,9H2,1-4H3,(H,17,19)(H,18,21). The first kappa shape index (κ1) is 16.5. The molecule has 122 valence electrons. The first-order valence-electron chi connectivity index (χ1n) is 7.14. The Morgan fingerprint density at radius 1 is 1.35 bits per heavy atom. The quantitative estimate of drug-likeness (QED) is 0.654. The lowest BCUT2D eigenvalue weighted by atomic mass is 10.2. The molecule has 0 radical (unpaired) electrons. The highest BCUT2D eigenvalue weighted by Gasteiger charge is 2.10. The van der Waals surface area contributed by atoms with Crippen molar-refractivity contribution < 1.29 is 9.53 Å². The molecule has 0 saturated heterocycles. The number of aromatic nitrogens is 1. The molecule has 0 fully saturated rings. The van der Waals surface area contributed by atoms with Crippen molar-refractivity contribution >= 4 is 28.3 Å². The van der Waals surface area contributed by atoms with E-state index in [0.717, 1.165) is 22.4 Å². The molecule has 0 aliphatic rings. The molecule has 0 saturated carbocycles. The second kappa shape index (κ2) is 6.95. The average Bonchev–Trinajstić information content (AvgIpc) is 2.56. The highest BCUT2D eigenvalue weighted by molar-refractivity contribution is 5.95. The summed E-state index contributed by atoms with van der Waals surface area (Å²) in [5, 5.41) is 6.43. The number of hydrogen-bond acceptors (Lipinski definition) is 4. The first-order chi connectivity index (χ1) is 11.0. The van der Waals surface area contributed by atoms with Crippen LogP contribution in [-0.4, -0.2) is 37.0 Å². The van der Waals surface area contributed by atoms with Gasteiger partial charge in [-0.05, 0) is 31.2 Å². The van der Waals surface area contributed by atoms with Crippen LogP contribution in [0.4, 0.5) is 5.69 Å². The number of amides is 1. The predicted octanol–water partition coefficient (Wildman–Crippen LogP) is 1.12. The zero-order valence-electron chi connectivity index (χ0n) is 13.6. The third-order valence-corrected chi connectivity index (χ3v) is 3.49. The van der Waals surface area contributed by atoms with Gasteiger partial charge in [-0.15, -0.1) is 0 Å². The minimum atomic E-state index is -0.294. The number of likely N-dealkylation sites (N-methyl/N-ethyl adjacent to an activating group) is 1. The summed E-state index contributed by atoms with van der Waals surface area (Å²) < 4.78 is 6.83. The van der Waals surface area contributed by atoms with Crippen LogP contribution in [0.3, 0.4) is 0 Å². The number of aryl methyl sites for hydroxylation is 1. The molecule has 1 heterocycles. The van der Waals surface area contributed by atoms with Crippen molar-refractivity contribution in [2.45, 2.75) is 6.92 Å². The number of carbonyl (C=O) groups excluding carboxylic acids is 1. The summed E-state index contributed by atoms with van der Waals surface area (Å²) in [6, 6.07) is 7.27. The molecule has 7 heteroatoms. The maximum absolute atomic E-state index is 12.3. The number of anilines is 1. The van der Waals surface area contributed by atoms with Gasteiger partial charge < -0.3 is 19.9 Å². The molecular formula is C16H20N4O3. The summed E-state index contributed by atoms with van der Waals surface area (Å²) in [6.07, 6.45) is 0. The van der Waals surface area contributed by atoms with Crippen LogP contribution in [0, 0.1) is 0 Å². The van der Waals surface area contributed by atoms with Gasteiger partial charge in [0.25, 0.3) is 11.5 Å². The number of carbonyl (C=O) groups is 1. The molecule has 0 unspecified atom stereocenters. The Balaban J connectivity index is 2.43. The van der Waals surface area contributed by atoms with Crippen molar-refractivity contribution in [3.63, 3.8) is 0 Å². The van der Waals surface area contributed by atoms with Gasteiger partial charge in [-0.1, -0.05) is 0 Å². The van der Waals surface area contributed by atoms with Crippen LogP contribution < -0.4 is 20.9 Å². The van der Waals surface area contributed by atoms with Crippen LogP contribution >= 0.6 is 0 Å². The van der Waals surface area contributed by atoms with E-state index in [1.54, 1.807) is 20.2 Å². The van der Waals surface area contributed by atoms with E-state index >= 15 is 0 Å². The SMILES string of the molecule is C/N=C(\C)Nc1ccc2c(c1)cc(OCC(=O)NC)c(=O)n2C. The fourth-order valence-electron chi connectivity index (χ4n) is 2.11. The predicted molar refractivity (Wildman–Crippen MR) is 91.4 cm³/mol. The van der Waals surface area contributed by atoms with E-state index in [2.05, 4.69) is 15.6 Å². The van der Waals surface area contributed by atoms with Crippen LogP contribution in [-0.2, 0) is 11.8 Å². The Labute approximate surface area is 134 Å². The molecule has 2 aromatic rings. The van der Waals surface area contributed by atoms with Gasteiger partial charge in [-0.25, -0.2) is 0 Å². The molecule has 1 aromatic carbocycles. The molecule has 2 rings (SSSR count). The summed E-state index contributed by atoms with van der Waals surface area (Å²) in [7, 11) is 4.89. The number of fused-ring (bicyclic) bond motifs is 1. The van der Waals surface area contributed by atoms with Crippen LogP contribution in [0.2, 0.25) is 0 Å². The molecule has 0 aliphatic heterocycles. The van der Waals surface area contributed by atoms with E-state index in [4.69, 9.17) is 4.74 Å². The summed E-state index contributed by atoms with van der Waals surface area (Å²) in [4.78, 5) is 27.6. The highest BCUT2D eigenvalue weighted by atomic mass is 16.5. The minimum Gasteiger partial charge on any atom is -0.478 e. The summed E-state index contributed by atoms with van der Waals surface area (Å²) in [5.74, 6) is 0.629. The number of rotatable bonds is 4. The van der Waals surface area contributed by atoms with Gasteiger partial charge in [0.1, 0.15) is 0 Å². The second-order valence-corrected chi connectivity index (χ2v) is 5.04. The van der Waals surface area contributed by atoms with Crippen molar-refractivity contribution in [1.82, 2.24) is 9.88 Å². The molecule has 23 heavy (non-hydrogen) atoms. The third-order valence-electron chi connectivity index (χ3n) is 3.49. The first-order valence-corrected chi connectivity index (χ1v) is 7.14. The normalized spacial score (nSPS) is 11.4. The summed E-state index contributed by atoms with van der Waals surface area (Å²) in [6.45, 7) is 1.67. The van der Waals surface area contributed by atoms with Crippen LogP contribution in [0.5, 0.6) is 5.75 Å². The molecule has 0 aliphatic carbocycles. The van der Waals surface area contributed by atoms with Crippen molar-refractivity contribution in [2.24, 2.45) is 12.0 Å². The molecule has 0 atom stereocenters. The topological polar surface area (TPSA) is 84.7 Å². The van der Waals surface area contributed by atoms with Gasteiger partial charge in [0, 0.05) is 32.2 Å². The van der Waals surface area contributed by atoms with Crippen LogP contribution in [0.25, 0.3) is 10.9 Å². The lowest BCUT2D eigenvalue weighted by Crippen LogP contribution is -2.27. The van der Waals surface area contributed by atoms with Gasteiger partial charge in [0.2, 0.25) is 0 Å². The maximum atomic E-state index is 12.3. The number of nitrogens with zero attached hydrogens (tertiary/aromatic N) is 2. The lowest BCUT2D eigenvalue weighted by molar-refractivity contribution is -0.122. The Morgan fingerprint density at radius 3 is 2.74 bits per heavy atom. The molecule has 1 aromatic heterocycles. The zero-order chi connectivity index (χ0) is 17.0. The second-order valence-electron chi connectivity index (χ2n) is 5.04. The summed E-state index contributed by atoms with van der Waals surface area (Å²) in [5.41, 5.74) is 1.35. The van der Waals surface area contributed by atoms with Gasteiger partial charge in [-0.3, -0.25) is 14.6 Å². The third kappa shape index (κ3) is 3.68. The number of hydrogen-bond donors (Lipinski definition) is 2. The van der Waals surface area contributed by atoms with Crippen molar-refractivity contribution in [2.75, 3.05) is 26.0 Å². The van der Waals surface area contributed by atoms with E-state index in [1.807, 2.05) is 25.1 Å². The van der Waals surface area contributed by atoms with Crippen LogP contribution in [0.1, 0.15) is 6.92 Å². The lowest BCUT2D eigenvalue weighted by Gasteiger charge is -2.12. The van der Waals surface area contributed by atoms with Crippen LogP contribution in [0.15, 0.2) is 34.1 Å². The highest BCUT2D eigenvalue weighted by Crippen LogP contribution is 2.21. The number of benzene rings is 1. The Morgan fingerprint density at radius 2 is 2.09 bits per heavy atom. The fourth-order valence-corrected chi connectivity index (χ4v) is 2.11. The van der Waals surface area contributed by atoms with E-state index in [-0.39, 0.29) is 23.8 Å². The Hall–Kier alpha value is -2.83. The molecular weight excluding hydrogens is 296 g/mol. The number of amidine groups is 1. The maximum Gasteiger partial charge on any atom is 0.293 e. The van der Waals surface area contributed by atoms with E-state index in [9.17, 15) is 9.59 Å². The van der Waals surface area contributed by atoms with E-state index in [1.165, 1.54) is 11.6 Å². The van der Waals surface area contributed by atoms with E-state index < -0.39 is 0 Å². The van der Waals surface area contributed by atoms with Crippen molar-refractivity contribution in [3.05, 3.63) is 34.6 Å². The number of nitrogens with one attached hydrogen (secondary N) is 2. The summed E-state index contributed by atoms with van der Waals surface area (Å²) >= 11 is 0. The molecule has 1 amide bonds. The largest absolute Gasteiger partial charge is 0.478 e. The number of pyridine rings is 1. The molecule has 0 bridgehead atoms.